The number of rotatable bonds is 11. The number of amides is 1. The standard InChI is InChI=1S/C23H29NO5/c1-4-17(2)18-7-9-19(10-8-18)24-22(25)16-29-23(26)6-5-15-28-21-13-11-20(27-3)12-14-21/h7-14,17H,4-6,15-16H2,1-3H3,(H,24,25)/t17-/m1/s1. The molecule has 6 nitrogen and oxygen atoms in total. The van der Waals surface area contributed by atoms with Crippen molar-refractivity contribution < 1.29 is 23.8 Å². The molecule has 0 aliphatic heterocycles. The number of nitrogens with one attached hydrogen (secondary N) is 1. The van der Waals surface area contributed by atoms with Gasteiger partial charge in [0.25, 0.3) is 5.91 Å². The molecule has 1 amide bonds. The molecule has 6 heteroatoms. The second-order valence-corrected chi connectivity index (χ2v) is 6.77. The maximum atomic E-state index is 11.9. The van der Waals surface area contributed by atoms with Crippen LogP contribution >= 0.6 is 0 Å². The predicted octanol–water partition coefficient (Wildman–Crippen LogP) is 4.55. The van der Waals surface area contributed by atoms with Gasteiger partial charge in [-0.25, -0.2) is 0 Å². The molecule has 0 radical (unpaired) electrons. The van der Waals surface area contributed by atoms with Crippen LogP contribution < -0.4 is 14.8 Å². The fraction of sp³-hybridized carbons (Fsp3) is 0.391. The number of carbonyl (C=O) groups is 2. The smallest absolute Gasteiger partial charge is 0.306 e. The van der Waals surface area contributed by atoms with E-state index in [-0.39, 0.29) is 18.9 Å². The second-order valence-electron chi connectivity index (χ2n) is 6.77. The van der Waals surface area contributed by atoms with Crippen LogP contribution in [0.4, 0.5) is 5.69 Å². The number of benzene rings is 2. The van der Waals surface area contributed by atoms with Gasteiger partial charge in [0, 0.05) is 12.1 Å². The summed E-state index contributed by atoms with van der Waals surface area (Å²) in [4.78, 5) is 23.7. The molecule has 156 valence electrons. The highest BCUT2D eigenvalue weighted by molar-refractivity contribution is 5.92. The zero-order chi connectivity index (χ0) is 21.1. The first-order valence-corrected chi connectivity index (χ1v) is 9.84. The van der Waals surface area contributed by atoms with Gasteiger partial charge < -0.3 is 19.5 Å². The number of hydrogen-bond acceptors (Lipinski definition) is 5. The summed E-state index contributed by atoms with van der Waals surface area (Å²) in [5, 5.41) is 2.73. The number of methoxy groups -OCH3 is 1. The van der Waals surface area contributed by atoms with Gasteiger partial charge in [-0.2, -0.15) is 0 Å². The van der Waals surface area contributed by atoms with Crippen molar-refractivity contribution in [3.63, 3.8) is 0 Å². The maximum absolute atomic E-state index is 11.9. The summed E-state index contributed by atoms with van der Waals surface area (Å²) in [5.74, 6) is 1.16. The minimum Gasteiger partial charge on any atom is -0.497 e. The molecule has 2 aromatic carbocycles. The van der Waals surface area contributed by atoms with Crippen LogP contribution in [0.2, 0.25) is 0 Å². The van der Waals surface area contributed by atoms with Crippen molar-refractivity contribution in [1.29, 1.82) is 0 Å². The van der Waals surface area contributed by atoms with Gasteiger partial charge in [-0.05, 0) is 60.7 Å². The van der Waals surface area contributed by atoms with E-state index in [1.165, 1.54) is 5.56 Å². The number of ether oxygens (including phenoxy) is 3. The minimum atomic E-state index is -0.425. The van der Waals surface area contributed by atoms with E-state index in [4.69, 9.17) is 14.2 Å². The molecule has 0 unspecified atom stereocenters. The molecule has 1 N–H and O–H groups in total. The molecule has 0 heterocycles. The third-order valence-electron chi connectivity index (χ3n) is 4.59. The summed E-state index contributed by atoms with van der Waals surface area (Å²) in [5.41, 5.74) is 1.92. The zero-order valence-corrected chi connectivity index (χ0v) is 17.3. The van der Waals surface area contributed by atoms with E-state index in [1.54, 1.807) is 31.4 Å². The van der Waals surface area contributed by atoms with Gasteiger partial charge in [-0.15, -0.1) is 0 Å². The van der Waals surface area contributed by atoms with E-state index in [9.17, 15) is 9.59 Å². The lowest BCUT2D eigenvalue weighted by atomic mass is 9.99. The fourth-order valence-electron chi connectivity index (χ4n) is 2.62. The van der Waals surface area contributed by atoms with E-state index >= 15 is 0 Å². The molecule has 0 bridgehead atoms. The summed E-state index contributed by atoms with van der Waals surface area (Å²) in [6, 6.07) is 14.9. The molecule has 0 fully saturated rings. The first-order valence-electron chi connectivity index (χ1n) is 9.84. The van der Waals surface area contributed by atoms with Crippen molar-refractivity contribution in [2.75, 3.05) is 25.6 Å². The SMILES string of the molecule is CC[C@@H](C)c1ccc(NC(=O)COC(=O)CCCOc2ccc(OC)cc2)cc1. The van der Waals surface area contributed by atoms with Gasteiger partial charge >= 0.3 is 5.97 Å². The molecular formula is C23H29NO5. The quantitative estimate of drug-likeness (QED) is 0.443. The third kappa shape index (κ3) is 7.86. The van der Waals surface area contributed by atoms with Gasteiger partial charge in [0.05, 0.1) is 13.7 Å². The highest BCUT2D eigenvalue weighted by Gasteiger charge is 2.09. The molecule has 2 rings (SSSR count). The first-order chi connectivity index (χ1) is 14.0. The van der Waals surface area contributed by atoms with Gasteiger partial charge in [0.15, 0.2) is 6.61 Å². The number of esters is 1. The van der Waals surface area contributed by atoms with Gasteiger partial charge in [-0.3, -0.25) is 9.59 Å². The fourth-order valence-corrected chi connectivity index (χ4v) is 2.62. The lowest BCUT2D eigenvalue weighted by molar-refractivity contribution is -0.147. The van der Waals surface area contributed by atoms with E-state index in [2.05, 4.69) is 19.2 Å². The van der Waals surface area contributed by atoms with E-state index < -0.39 is 5.97 Å². The predicted molar refractivity (Wildman–Crippen MR) is 112 cm³/mol. The van der Waals surface area contributed by atoms with E-state index in [0.29, 0.717) is 30.4 Å². The summed E-state index contributed by atoms with van der Waals surface area (Å²) in [6.07, 6.45) is 1.75. The van der Waals surface area contributed by atoms with Gasteiger partial charge in [-0.1, -0.05) is 26.0 Å². The van der Waals surface area contributed by atoms with Crippen LogP contribution in [0, 0.1) is 0 Å². The van der Waals surface area contributed by atoms with E-state index in [1.807, 2.05) is 24.3 Å². The number of hydrogen-bond donors (Lipinski definition) is 1. The Morgan fingerprint density at radius 3 is 2.28 bits per heavy atom. The zero-order valence-electron chi connectivity index (χ0n) is 17.3. The highest BCUT2D eigenvalue weighted by atomic mass is 16.5. The normalized spacial score (nSPS) is 11.4. The molecule has 0 spiro atoms. The van der Waals surface area contributed by atoms with Crippen LogP contribution in [0.5, 0.6) is 11.5 Å². The molecule has 0 aromatic heterocycles. The minimum absolute atomic E-state index is 0.188. The summed E-state index contributed by atoms with van der Waals surface area (Å²) >= 11 is 0. The van der Waals surface area contributed by atoms with Crippen LogP contribution in [0.3, 0.4) is 0 Å². The monoisotopic (exact) mass is 399 g/mol. The highest BCUT2D eigenvalue weighted by Crippen LogP contribution is 2.20. The molecule has 0 aliphatic carbocycles. The maximum Gasteiger partial charge on any atom is 0.306 e. The van der Waals surface area contributed by atoms with Crippen molar-refractivity contribution in [1.82, 2.24) is 0 Å². The Bertz CT molecular complexity index is 771. The third-order valence-corrected chi connectivity index (χ3v) is 4.59. The average Bonchev–Trinajstić information content (AvgIpc) is 2.75. The Balaban J connectivity index is 1.62. The molecule has 0 saturated heterocycles. The topological polar surface area (TPSA) is 73.9 Å². The Morgan fingerprint density at radius 2 is 1.66 bits per heavy atom. The van der Waals surface area contributed by atoms with E-state index in [0.717, 1.165) is 12.2 Å². The van der Waals surface area contributed by atoms with Gasteiger partial charge in [0.2, 0.25) is 0 Å². The van der Waals surface area contributed by atoms with Crippen molar-refractivity contribution in [3.8, 4) is 11.5 Å². The van der Waals surface area contributed by atoms with Crippen LogP contribution in [0.25, 0.3) is 0 Å². The van der Waals surface area contributed by atoms with Crippen LogP contribution in [0.15, 0.2) is 48.5 Å². The van der Waals surface area contributed by atoms with Crippen molar-refractivity contribution in [3.05, 3.63) is 54.1 Å². The van der Waals surface area contributed by atoms with Crippen LogP contribution in [-0.2, 0) is 14.3 Å². The number of carbonyl (C=O) groups excluding carboxylic acids is 2. The summed E-state index contributed by atoms with van der Waals surface area (Å²) < 4.78 is 15.6. The van der Waals surface area contributed by atoms with Crippen LogP contribution in [-0.4, -0.2) is 32.2 Å². The van der Waals surface area contributed by atoms with Crippen molar-refractivity contribution in [2.24, 2.45) is 0 Å². The Labute approximate surface area is 172 Å². The molecular weight excluding hydrogens is 370 g/mol. The second kappa shape index (κ2) is 11.7. The molecule has 0 aliphatic rings. The largest absolute Gasteiger partial charge is 0.497 e. The number of anilines is 1. The lowest BCUT2D eigenvalue weighted by Gasteiger charge is -2.11. The molecule has 0 saturated carbocycles. The Hall–Kier alpha value is -3.02. The van der Waals surface area contributed by atoms with Gasteiger partial charge in [0.1, 0.15) is 11.5 Å². The first kappa shape index (κ1) is 22.3. The van der Waals surface area contributed by atoms with Crippen molar-refractivity contribution >= 4 is 17.6 Å². The molecule has 1 atom stereocenters. The summed E-state index contributed by atoms with van der Waals surface area (Å²) in [7, 11) is 1.60. The molecule has 29 heavy (non-hydrogen) atoms. The van der Waals surface area contributed by atoms with Crippen LogP contribution in [0.1, 0.15) is 44.6 Å². The molecule has 2 aromatic rings. The summed E-state index contributed by atoms with van der Waals surface area (Å²) in [6.45, 7) is 4.39. The Kier molecular flexibility index (Phi) is 9.02. The average molecular weight is 399 g/mol. The van der Waals surface area contributed by atoms with Crippen molar-refractivity contribution in [2.45, 2.75) is 39.0 Å². The lowest BCUT2D eigenvalue weighted by Crippen LogP contribution is -2.21. The Morgan fingerprint density at radius 1 is 1.00 bits per heavy atom.